The van der Waals surface area contributed by atoms with E-state index in [0.29, 0.717) is 5.92 Å². The summed E-state index contributed by atoms with van der Waals surface area (Å²) in [5.41, 5.74) is 2.31. The van der Waals surface area contributed by atoms with Crippen molar-refractivity contribution in [1.82, 2.24) is 9.97 Å². The van der Waals surface area contributed by atoms with Gasteiger partial charge in [0.2, 0.25) is 0 Å². The highest BCUT2D eigenvalue weighted by Crippen LogP contribution is 2.18. The predicted octanol–water partition coefficient (Wildman–Crippen LogP) is 2.55. The predicted molar refractivity (Wildman–Crippen MR) is 50.1 cm³/mol. The lowest BCUT2D eigenvalue weighted by Gasteiger charge is -2.10. The van der Waals surface area contributed by atoms with Gasteiger partial charge < -0.3 is 0 Å². The quantitative estimate of drug-likeness (QED) is 0.686. The first-order chi connectivity index (χ1) is 5.79. The Labute approximate surface area is 74.1 Å². The highest BCUT2D eigenvalue weighted by atomic mass is 14.8. The third kappa shape index (κ3) is 1.81. The van der Waals surface area contributed by atoms with Gasteiger partial charge in [-0.3, -0.25) is 9.97 Å². The minimum atomic E-state index is 0.536. The molecule has 1 aromatic rings. The van der Waals surface area contributed by atoms with Crippen molar-refractivity contribution in [2.45, 2.75) is 39.5 Å². The van der Waals surface area contributed by atoms with Crippen LogP contribution in [0.4, 0.5) is 0 Å². The summed E-state index contributed by atoms with van der Waals surface area (Å²) in [7, 11) is 0. The molecule has 1 aromatic heterocycles. The highest BCUT2D eigenvalue weighted by Gasteiger charge is 2.08. The molecule has 0 radical (unpaired) electrons. The van der Waals surface area contributed by atoms with E-state index in [4.69, 9.17) is 0 Å². The zero-order valence-electron chi connectivity index (χ0n) is 8.04. The second-order valence-corrected chi connectivity index (χ2v) is 3.05. The smallest absolute Gasteiger partial charge is 0.0646 e. The molecule has 0 aliphatic rings. The maximum absolute atomic E-state index is 4.36. The third-order valence-corrected chi connectivity index (χ3v) is 2.22. The van der Waals surface area contributed by atoms with Gasteiger partial charge in [-0.2, -0.15) is 0 Å². The standard InChI is InChI=1S/C10H16N2/c1-4-8(3)10-9(5-2)11-6-7-12-10/h6-8H,4-5H2,1-3H3/t8-/m1/s1. The molecular weight excluding hydrogens is 148 g/mol. The summed E-state index contributed by atoms with van der Waals surface area (Å²) in [6.07, 6.45) is 5.66. The second kappa shape index (κ2) is 4.19. The molecular formula is C10H16N2. The summed E-state index contributed by atoms with van der Waals surface area (Å²) in [4.78, 5) is 8.66. The Morgan fingerprint density at radius 1 is 1.25 bits per heavy atom. The molecule has 0 spiro atoms. The Hall–Kier alpha value is -0.920. The molecule has 0 amide bonds. The normalized spacial score (nSPS) is 12.9. The fourth-order valence-corrected chi connectivity index (χ4v) is 1.26. The number of hydrogen-bond acceptors (Lipinski definition) is 2. The van der Waals surface area contributed by atoms with Crippen LogP contribution >= 0.6 is 0 Å². The Morgan fingerprint density at radius 3 is 2.50 bits per heavy atom. The van der Waals surface area contributed by atoms with Crippen molar-refractivity contribution in [3.05, 3.63) is 23.8 Å². The van der Waals surface area contributed by atoms with E-state index in [1.807, 2.05) is 0 Å². The fourth-order valence-electron chi connectivity index (χ4n) is 1.26. The summed E-state index contributed by atoms with van der Waals surface area (Å²) in [6.45, 7) is 6.50. The van der Waals surface area contributed by atoms with E-state index in [1.54, 1.807) is 12.4 Å². The second-order valence-electron chi connectivity index (χ2n) is 3.05. The Bertz CT molecular complexity index is 245. The van der Waals surface area contributed by atoms with Crippen LogP contribution in [0, 0.1) is 0 Å². The molecule has 0 aliphatic heterocycles. The molecule has 0 unspecified atom stereocenters. The van der Waals surface area contributed by atoms with Crippen LogP contribution in [0.15, 0.2) is 12.4 Å². The van der Waals surface area contributed by atoms with Gasteiger partial charge in [0.05, 0.1) is 11.4 Å². The van der Waals surface area contributed by atoms with Crippen LogP contribution in [0.5, 0.6) is 0 Å². The van der Waals surface area contributed by atoms with Gasteiger partial charge in [-0.25, -0.2) is 0 Å². The maximum atomic E-state index is 4.36. The topological polar surface area (TPSA) is 25.8 Å². The zero-order valence-corrected chi connectivity index (χ0v) is 8.04. The molecule has 2 heteroatoms. The molecule has 66 valence electrons. The van der Waals surface area contributed by atoms with Crippen molar-refractivity contribution in [1.29, 1.82) is 0 Å². The van der Waals surface area contributed by atoms with Gasteiger partial charge in [0.15, 0.2) is 0 Å². The summed E-state index contributed by atoms with van der Waals surface area (Å²) in [5, 5.41) is 0. The van der Waals surface area contributed by atoms with Crippen molar-refractivity contribution in [2.24, 2.45) is 0 Å². The monoisotopic (exact) mass is 164 g/mol. The molecule has 1 heterocycles. The first-order valence-electron chi connectivity index (χ1n) is 4.59. The molecule has 12 heavy (non-hydrogen) atoms. The highest BCUT2D eigenvalue weighted by molar-refractivity contribution is 5.14. The van der Waals surface area contributed by atoms with Gasteiger partial charge in [-0.05, 0) is 18.8 Å². The van der Waals surface area contributed by atoms with Gasteiger partial charge >= 0.3 is 0 Å². The number of hydrogen-bond donors (Lipinski definition) is 0. The summed E-state index contributed by atoms with van der Waals surface area (Å²) >= 11 is 0. The van der Waals surface area contributed by atoms with Gasteiger partial charge in [0.1, 0.15) is 0 Å². The van der Waals surface area contributed by atoms with Crippen molar-refractivity contribution >= 4 is 0 Å². The van der Waals surface area contributed by atoms with Crippen LogP contribution in [0.1, 0.15) is 44.5 Å². The van der Waals surface area contributed by atoms with Crippen LogP contribution in [-0.2, 0) is 6.42 Å². The summed E-state index contributed by atoms with van der Waals surface area (Å²) in [6, 6.07) is 0. The Kier molecular flexibility index (Phi) is 3.20. The zero-order chi connectivity index (χ0) is 8.97. The van der Waals surface area contributed by atoms with E-state index in [2.05, 4.69) is 30.7 Å². The molecule has 0 saturated carbocycles. The lowest BCUT2D eigenvalue weighted by Crippen LogP contribution is -2.02. The average Bonchev–Trinajstić information content (AvgIpc) is 2.16. The van der Waals surface area contributed by atoms with Crippen molar-refractivity contribution in [3.63, 3.8) is 0 Å². The Balaban J connectivity index is 2.96. The largest absolute Gasteiger partial charge is 0.258 e. The van der Waals surface area contributed by atoms with Crippen molar-refractivity contribution in [3.8, 4) is 0 Å². The first kappa shape index (κ1) is 9.17. The lowest BCUT2D eigenvalue weighted by atomic mass is 10.0. The molecule has 1 rings (SSSR count). The van der Waals surface area contributed by atoms with Crippen LogP contribution in [0.3, 0.4) is 0 Å². The SMILES string of the molecule is CCc1nccnc1[C@H](C)CC. The molecule has 0 N–H and O–H groups in total. The molecule has 0 fully saturated rings. The van der Waals surface area contributed by atoms with E-state index in [1.165, 1.54) is 5.69 Å². The minimum absolute atomic E-state index is 0.536. The summed E-state index contributed by atoms with van der Waals surface area (Å²) in [5.74, 6) is 0.536. The van der Waals surface area contributed by atoms with E-state index < -0.39 is 0 Å². The van der Waals surface area contributed by atoms with Gasteiger partial charge in [-0.1, -0.05) is 20.8 Å². The van der Waals surface area contributed by atoms with Crippen molar-refractivity contribution in [2.75, 3.05) is 0 Å². The minimum Gasteiger partial charge on any atom is -0.258 e. The summed E-state index contributed by atoms with van der Waals surface area (Å²) < 4.78 is 0. The van der Waals surface area contributed by atoms with Crippen LogP contribution in [0.2, 0.25) is 0 Å². The molecule has 1 atom stereocenters. The van der Waals surface area contributed by atoms with Gasteiger partial charge in [-0.15, -0.1) is 0 Å². The van der Waals surface area contributed by atoms with Crippen LogP contribution < -0.4 is 0 Å². The van der Waals surface area contributed by atoms with Crippen LogP contribution in [0.25, 0.3) is 0 Å². The molecule has 0 aliphatic carbocycles. The molecule has 2 nitrogen and oxygen atoms in total. The average molecular weight is 164 g/mol. The maximum Gasteiger partial charge on any atom is 0.0646 e. The number of aromatic nitrogens is 2. The van der Waals surface area contributed by atoms with Gasteiger partial charge in [0.25, 0.3) is 0 Å². The van der Waals surface area contributed by atoms with E-state index in [9.17, 15) is 0 Å². The fraction of sp³-hybridized carbons (Fsp3) is 0.600. The Morgan fingerprint density at radius 2 is 1.92 bits per heavy atom. The molecule has 0 bridgehead atoms. The van der Waals surface area contributed by atoms with Crippen LogP contribution in [-0.4, -0.2) is 9.97 Å². The lowest BCUT2D eigenvalue weighted by molar-refractivity contribution is 0.686. The third-order valence-electron chi connectivity index (χ3n) is 2.22. The number of nitrogens with zero attached hydrogens (tertiary/aromatic N) is 2. The van der Waals surface area contributed by atoms with Crippen molar-refractivity contribution < 1.29 is 0 Å². The van der Waals surface area contributed by atoms with E-state index in [-0.39, 0.29) is 0 Å². The number of aryl methyl sites for hydroxylation is 1. The number of rotatable bonds is 3. The first-order valence-corrected chi connectivity index (χ1v) is 4.59. The van der Waals surface area contributed by atoms with Gasteiger partial charge in [0, 0.05) is 12.4 Å². The molecule has 0 saturated heterocycles. The van der Waals surface area contributed by atoms with E-state index >= 15 is 0 Å². The molecule has 0 aromatic carbocycles. The van der Waals surface area contributed by atoms with E-state index in [0.717, 1.165) is 18.5 Å².